The topological polar surface area (TPSA) is 63.2 Å². The van der Waals surface area contributed by atoms with Gasteiger partial charge in [-0.15, -0.1) is 0 Å². The monoisotopic (exact) mass is 493 g/mol. The van der Waals surface area contributed by atoms with Gasteiger partial charge in [0.05, 0.1) is 12.8 Å². The summed E-state index contributed by atoms with van der Waals surface area (Å²) in [5.41, 5.74) is 4.73. The van der Waals surface area contributed by atoms with Gasteiger partial charge >= 0.3 is 0 Å². The lowest BCUT2D eigenvalue weighted by Gasteiger charge is -2.30. The summed E-state index contributed by atoms with van der Waals surface area (Å²) in [6, 6.07) is 27.2. The van der Waals surface area contributed by atoms with Crippen LogP contribution in [-0.2, 0) is 4.79 Å². The number of rotatable bonds is 10. The molecular weight excluding hydrogens is 462 g/mol. The molecule has 0 saturated heterocycles. The molecule has 4 rings (SSSR count). The third-order valence-electron chi connectivity index (χ3n) is 6.04. The highest BCUT2D eigenvalue weighted by molar-refractivity contribution is 5.90. The van der Waals surface area contributed by atoms with Gasteiger partial charge in [-0.2, -0.15) is 0 Å². The highest BCUT2D eigenvalue weighted by atomic mass is 16.5. The summed E-state index contributed by atoms with van der Waals surface area (Å²) in [7, 11) is 1.64. The zero-order chi connectivity index (χ0) is 26.0. The summed E-state index contributed by atoms with van der Waals surface area (Å²) in [6.07, 6.45) is 5.13. The maximum Gasteiger partial charge on any atom is 0.146 e. The van der Waals surface area contributed by atoms with Gasteiger partial charge in [-0.3, -0.25) is 9.69 Å². The number of anilines is 2. The van der Waals surface area contributed by atoms with Crippen molar-refractivity contribution in [2.45, 2.75) is 20.3 Å². The van der Waals surface area contributed by atoms with Gasteiger partial charge in [-0.25, -0.2) is 4.99 Å². The Morgan fingerprint density at radius 3 is 2.24 bits per heavy atom. The molecule has 0 amide bonds. The Balaban J connectivity index is 1.73. The molecule has 0 atom stereocenters. The van der Waals surface area contributed by atoms with Crippen molar-refractivity contribution >= 4 is 23.4 Å². The first-order valence-corrected chi connectivity index (χ1v) is 12.1. The van der Waals surface area contributed by atoms with E-state index in [4.69, 9.17) is 14.5 Å². The van der Waals surface area contributed by atoms with E-state index in [1.54, 1.807) is 7.11 Å². The summed E-state index contributed by atoms with van der Waals surface area (Å²) in [5.74, 6) is 2.83. The highest BCUT2D eigenvalue weighted by Crippen LogP contribution is 2.31. The minimum absolute atomic E-state index is 0.328. The Bertz CT molecular complexity index is 1330. The van der Waals surface area contributed by atoms with E-state index in [1.807, 2.05) is 89.8 Å². The van der Waals surface area contributed by atoms with Crippen LogP contribution in [0.5, 0.6) is 11.5 Å². The van der Waals surface area contributed by atoms with Crippen molar-refractivity contribution in [1.82, 2.24) is 0 Å². The number of hydrogen-bond acceptors (Lipinski definition) is 6. The maximum atomic E-state index is 11.8. The fraction of sp³-hybridized carbons (Fsp3) is 0.161. The number of ether oxygens (including phenoxy) is 2. The SMILES string of the molecule is COc1ccc(OCC2=NC(N(/C(=C\C=O)Nc3ccccc3)c3ccccc3)=C(C)C(C)=CC2)cc1. The Kier molecular flexibility index (Phi) is 8.55. The first-order valence-electron chi connectivity index (χ1n) is 12.1. The minimum atomic E-state index is 0.328. The third kappa shape index (κ3) is 6.55. The molecule has 0 radical (unpaired) electrons. The second kappa shape index (κ2) is 12.4. The van der Waals surface area contributed by atoms with Crippen LogP contribution in [0.1, 0.15) is 20.3 Å². The zero-order valence-electron chi connectivity index (χ0n) is 21.3. The van der Waals surface area contributed by atoms with Crippen molar-refractivity contribution in [3.8, 4) is 11.5 Å². The fourth-order valence-electron chi connectivity index (χ4n) is 3.89. The summed E-state index contributed by atoms with van der Waals surface area (Å²) in [6.45, 7) is 4.46. The second-order valence-electron chi connectivity index (χ2n) is 8.53. The van der Waals surface area contributed by atoms with Crippen LogP contribution in [0, 0.1) is 0 Å². The first-order chi connectivity index (χ1) is 18.1. The third-order valence-corrected chi connectivity index (χ3v) is 6.04. The summed E-state index contributed by atoms with van der Waals surface area (Å²) in [5, 5.41) is 3.40. The summed E-state index contributed by atoms with van der Waals surface area (Å²) >= 11 is 0. The molecule has 6 nitrogen and oxygen atoms in total. The molecular formula is C31H31N3O3. The van der Waals surface area contributed by atoms with Crippen LogP contribution in [0.25, 0.3) is 0 Å². The highest BCUT2D eigenvalue weighted by Gasteiger charge is 2.22. The molecule has 0 unspecified atom stereocenters. The van der Waals surface area contributed by atoms with Crippen LogP contribution >= 0.6 is 0 Å². The quantitative estimate of drug-likeness (QED) is 0.250. The van der Waals surface area contributed by atoms with Crippen LogP contribution < -0.4 is 19.7 Å². The smallest absolute Gasteiger partial charge is 0.146 e. The van der Waals surface area contributed by atoms with Gasteiger partial charge in [0.15, 0.2) is 0 Å². The van der Waals surface area contributed by atoms with Gasteiger partial charge < -0.3 is 14.8 Å². The van der Waals surface area contributed by atoms with Crippen LogP contribution in [-0.4, -0.2) is 25.7 Å². The lowest BCUT2D eigenvalue weighted by molar-refractivity contribution is -0.104. The van der Waals surface area contributed by atoms with Crippen molar-refractivity contribution in [2.75, 3.05) is 23.9 Å². The van der Waals surface area contributed by atoms with Crippen molar-refractivity contribution in [2.24, 2.45) is 4.99 Å². The number of carbonyl (C=O) groups is 1. The van der Waals surface area contributed by atoms with E-state index in [-0.39, 0.29) is 0 Å². The van der Waals surface area contributed by atoms with Crippen molar-refractivity contribution in [3.63, 3.8) is 0 Å². The number of hydrogen-bond donors (Lipinski definition) is 1. The molecule has 37 heavy (non-hydrogen) atoms. The van der Waals surface area contributed by atoms with Gasteiger partial charge in [0.1, 0.15) is 36.0 Å². The Labute approximate surface area is 218 Å². The fourth-order valence-corrected chi connectivity index (χ4v) is 3.89. The number of carbonyl (C=O) groups excluding carboxylic acids is 1. The molecule has 3 aromatic carbocycles. The molecule has 0 bridgehead atoms. The molecule has 0 aliphatic carbocycles. The number of aldehydes is 1. The largest absolute Gasteiger partial charge is 0.497 e. The molecule has 1 aliphatic heterocycles. The molecule has 188 valence electrons. The van der Waals surface area contributed by atoms with Gasteiger partial charge in [0.25, 0.3) is 0 Å². The molecule has 0 fully saturated rings. The van der Waals surface area contributed by atoms with Crippen LogP contribution in [0.3, 0.4) is 0 Å². The standard InChI is InChI=1S/C31H31N3O3/c1-23-14-15-26(22-37-29-18-16-28(36-3)17-19-29)33-31(24(23)2)34(27-12-8-5-9-13-27)30(20-21-35)32-25-10-6-4-7-11-25/h4-14,16-21,32H,15,22H2,1-3H3/b30-20-. The van der Waals surface area contributed by atoms with Crippen LogP contribution in [0.15, 0.2) is 125 Å². The number of methoxy groups -OCH3 is 1. The maximum absolute atomic E-state index is 11.8. The Morgan fingerprint density at radius 1 is 0.946 bits per heavy atom. The number of para-hydroxylation sites is 2. The van der Waals surface area contributed by atoms with E-state index in [0.717, 1.165) is 51.8 Å². The van der Waals surface area contributed by atoms with E-state index < -0.39 is 0 Å². The number of benzene rings is 3. The molecule has 1 N–H and O–H groups in total. The Morgan fingerprint density at radius 2 is 1.59 bits per heavy atom. The molecule has 3 aromatic rings. The molecule has 1 heterocycles. The van der Waals surface area contributed by atoms with Crippen LogP contribution in [0.2, 0.25) is 0 Å². The average molecular weight is 494 g/mol. The predicted molar refractivity (Wildman–Crippen MR) is 150 cm³/mol. The summed E-state index contributed by atoms with van der Waals surface area (Å²) in [4.78, 5) is 18.9. The lowest BCUT2D eigenvalue weighted by atomic mass is 10.1. The molecule has 0 spiro atoms. The van der Waals surface area contributed by atoms with Crippen molar-refractivity contribution < 1.29 is 14.3 Å². The van der Waals surface area contributed by atoms with Crippen LogP contribution in [0.4, 0.5) is 11.4 Å². The number of nitrogens with zero attached hydrogens (tertiary/aromatic N) is 2. The number of allylic oxidation sites excluding steroid dienone is 4. The normalized spacial score (nSPS) is 13.8. The average Bonchev–Trinajstić information content (AvgIpc) is 3.07. The molecule has 0 aromatic heterocycles. The van der Waals surface area contributed by atoms with E-state index in [0.29, 0.717) is 18.8 Å². The predicted octanol–water partition coefficient (Wildman–Crippen LogP) is 6.76. The number of aliphatic imine (C=N–C) groups is 1. The molecule has 6 heteroatoms. The number of nitrogens with one attached hydrogen (secondary N) is 1. The van der Waals surface area contributed by atoms with E-state index in [9.17, 15) is 4.79 Å². The zero-order valence-corrected chi connectivity index (χ0v) is 21.3. The van der Waals surface area contributed by atoms with E-state index >= 15 is 0 Å². The summed E-state index contributed by atoms with van der Waals surface area (Å²) < 4.78 is 11.3. The first kappa shape index (κ1) is 25.5. The van der Waals surface area contributed by atoms with Gasteiger partial charge in [-0.05, 0) is 73.5 Å². The van der Waals surface area contributed by atoms with E-state index in [2.05, 4.69) is 25.2 Å². The van der Waals surface area contributed by atoms with Gasteiger partial charge in [0, 0.05) is 23.9 Å². The lowest BCUT2D eigenvalue weighted by Crippen LogP contribution is -2.28. The van der Waals surface area contributed by atoms with Gasteiger partial charge in [-0.1, -0.05) is 42.5 Å². The second-order valence-corrected chi connectivity index (χ2v) is 8.53. The van der Waals surface area contributed by atoms with E-state index in [1.165, 1.54) is 6.08 Å². The molecule has 1 aliphatic rings. The Hall–Kier alpha value is -4.58. The minimum Gasteiger partial charge on any atom is -0.497 e. The van der Waals surface area contributed by atoms with Crippen molar-refractivity contribution in [1.29, 1.82) is 0 Å². The molecule has 0 saturated carbocycles. The van der Waals surface area contributed by atoms with Gasteiger partial charge in [0.2, 0.25) is 0 Å². The van der Waals surface area contributed by atoms with Crippen molar-refractivity contribution in [3.05, 3.63) is 120 Å².